The fourth-order valence-electron chi connectivity index (χ4n) is 4.54. The molecule has 0 saturated carbocycles. The van der Waals surface area contributed by atoms with Gasteiger partial charge >= 0.3 is 0 Å². The quantitative estimate of drug-likeness (QED) is 0.508. The van der Waals surface area contributed by atoms with Crippen molar-refractivity contribution in [3.05, 3.63) is 58.4 Å². The van der Waals surface area contributed by atoms with Crippen molar-refractivity contribution in [1.82, 2.24) is 9.88 Å². The molecule has 6 heteroatoms. The van der Waals surface area contributed by atoms with Gasteiger partial charge in [0.25, 0.3) is 0 Å². The van der Waals surface area contributed by atoms with Gasteiger partial charge in [-0.1, -0.05) is 11.8 Å². The van der Waals surface area contributed by atoms with Gasteiger partial charge in [0.05, 0.1) is 19.2 Å². The maximum absolute atomic E-state index is 15.3. The minimum Gasteiger partial charge on any atom is -0.497 e. The molecule has 4 nitrogen and oxygen atoms in total. The molecule has 1 unspecified atom stereocenters. The third kappa shape index (κ3) is 5.47. The lowest BCUT2D eigenvalue weighted by Crippen LogP contribution is -2.42. The molecule has 1 N–H and O–H groups in total. The zero-order chi connectivity index (χ0) is 22.3. The molecule has 0 amide bonds. The highest BCUT2D eigenvalue weighted by Crippen LogP contribution is 2.35. The molecule has 0 bridgehead atoms. The Kier molecular flexibility index (Phi) is 7.75. The average molecular weight is 453 g/mol. The van der Waals surface area contributed by atoms with E-state index in [0.717, 1.165) is 42.4 Å². The molecule has 2 aromatic heterocycles. The predicted octanol–water partition coefficient (Wildman–Crippen LogP) is 5.08. The molecule has 1 aliphatic heterocycles. The number of rotatable bonds is 7. The van der Waals surface area contributed by atoms with Crippen molar-refractivity contribution in [2.45, 2.75) is 25.4 Å². The Bertz CT molecular complexity index is 1080. The van der Waals surface area contributed by atoms with E-state index in [1.165, 1.54) is 0 Å². The zero-order valence-electron chi connectivity index (χ0n) is 18.3. The van der Waals surface area contributed by atoms with Crippen LogP contribution < -0.4 is 4.74 Å². The van der Waals surface area contributed by atoms with Crippen LogP contribution in [0, 0.1) is 23.7 Å². The summed E-state index contributed by atoms with van der Waals surface area (Å²) < 4.78 is 20.6. The van der Waals surface area contributed by atoms with E-state index >= 15 is 4.39 Å². The molecular weight excluding hydrogens is 423 g/mol. The van der Waals surface area contributed by atoms with Crippen molar-refractivity contribution in [3.63, 3.8) is 0 Å². The number of hydrogen-bond donors (Lipinski definition) is 1. The van der Waals surface area contributed by atoms with Crippen LogP contribution in [-0.2, 0) is 0 Å². The molecule has 3 atom stereocenters. The number of fused-ring (bicyclic) bond motifs is 1. The van der Waals surface area contributed by atoms with E-state index in [2.05, 4.69) is 21.7 Å². The summed E-state index contributed by atoms with van der Waals surface area (Å²) in [7, 11) is 1.61. The fourth-order valence-corrected chi connectivity index (χ4v) is 5.13. The Balaban J connectivity index is 1.35. The molecule has 4 rings (SSSR count). The summed E-state index contributed by atoms with van der Waals surface area (Å²) >= 11 is 1.65. The van der Waals surface area contributed by atoms with Gasteiger partial charge in [-0.3, -0.25) is 9.88 Å². The van der Waals surface area contributed by atoms with Crippen LogP contribution >= 0.6 is 11.3 Å². The molecule has 0 spiro atoms. The summed E-state index contributed by atoms with van der Waals surface area (Å²) in [5.41, 5.74) is 2.49. The number of aliphatic hydroxyl groups is 1. The molecule has 168 valence electrons. The van der Waals surface area contributed by atoms with Gasteiger partial charge in [0.2, 0.25) is 0 Å². The molecule has 3 heterocycles. The lowest BCUT2D eigenvalue weighted by atomic mass is 9.81. The van der Waals surface area contributed by atoms with Crippen molar-refractivity contribution in [1.29, 1.82) is 0 Å². The van der Waals surface area contributed by atoms with Crippen LogP contribution in [0.25, 0.3) is 10.9 Å². The van der Waals surface area contributed by atoms with E-state index < -0.39 is 6.17 Å². The smallest absolute Gasteiger partial charge is 0.126 e. The minimum atomic E-state index is -1.07. The SMILES string of the molecule is COc1ccc2nccc(C(F)CC[C@@H]3CCN(CC#Cc4ccsc4)C[C@@H]3CO)c2c1. The van der Waals surface area contributed by atoms with Crippen molar-refractivity contribution in [2.75, 3.05) is 33.4 Å². The van der Waals surface area contributed by atoms with E-state index in [4.69, 9.17) is 4.74 Å². The lowest BCUT2D eigenvalue weighted by Gasteiger charge is -2.37. The minimum absolute atomic E-state index is 0.130. The molecular formula is C26H29FN2O2S. The molecule has 3 aromatic rings. The van der Waals surface area contributed by atoms with Crippen molar-refractivity contribution < 1.29 is 14.2 Å². The predicted molar refractivity (Wildman–Crippen MR) is 128 cm³/mol. The van der Waals surface area contributed by atoms with Crippen LogP contribution in [-0.4, -0.2) is 48.3 Å². The number of pyridine rings is 1. The molecule has 1 aromatic carbocycles. The number of halogens is 1. The number of piperidine rings is 1. The second-order valence-corrected chi connectivity index (χ2v) is 9.15. The maximum atomic E-state index is 15.3. The monoisotopic (exact) mass is 452 g/mol. The molecule has 0 radical (unpaired) electrons. The number of nitrogens with zero attached hydrogens (tertiary/aromatic N) is 2. The Labute approximate surface area is 193 Å². The number of thiophene rings is 1. The highest BCUT2D eigenvalue weighted by Gasteiger charge is 2.29. The largest absolute Gasteiger partial charge is 0.497 e. The number of benzene rings is 1. The van der Waals surface area contributed by atoms with Crippen LogP contribution in [0.15, 0.2) is 47.3 Å². The highest BCUT2D eigenvalue weighted by atomic mass is 32.1. The number of methoxy groups -OCH3 is 1. The van der Waals surface area contributed by atoms with E-state index in [1.54, 1.807) is 30.7 Å². The van der Waals surface area contributed by atoms with Crippen LogP contribution in [0.3, 0.4) is 0 Å². The normalized spacial score (nSPS) is 20.0. The third-order valence-electron chi connectivity index (χ3n) is 6.38. The van der Waals surface area contributed by atoms with Gasteiger partial charge < -0.3 is 9.84 Å². The average Bonchev–Trinajstić information content (AvgIpc) is 3.35. The van der Waals surface area contributed by atoms with Gasteiger partial charge in [0, 0.05) is 35.7 Å². The van der Waals surface area contributed by atoms with Crippen LogP contribution in [0.2, 0.25) is 0 Å². The van der Waals surface area contributed by atoms with Gasteiger partial charge in [-0.05, 0) is 78.9 Å². The maximum Gasteiger partial charge on any atom is 0.126 e. The second-order valence-electron chi connectivity index (χ2n) is 8.37. The topological polar surface area (TPSA) is 45.6 Å². The third-order valence-corrected chi connectivity index (χ3v) is 7.06. The van der Waals surface area contributed by atoms with E-state index in [0.29, 0.717) is 30.2 Å². The van der Waals surface area contributed by atoms with Crippen molar-refractivity contribution in [2.24, 2.45) is 11.8 Å². The highest BCUT2D eigenvalue weighted by molar-refractivity contribution is 7.08. The van der Waals surface area contributed by atoms with E-state index in [9.17, 15) is 5.11 Å². The van der Waals surface area contributed by atoms with E-state index in [1.807, 2.05) is 35.0 Å². The number of likely N-dealkylation sites (tertiary alicyclic amines) is 1. The summed E-state index contributed by atoms with van der Waals surface area (Å²) in [6.07, 6.45) is 2.76. The first kappa shape index (κ1) is 22.7. The van der Waals surface area contributed by atoms with Gasteiger partial charge in [0.15, 0.2) is 0 Å². The van der Waals surface area contributed by atoms with Crippen molar-refractivity contribution in [3.8, 4) is 17.6 Å². The second kappa shape index (κ2) is 10.9. The Morgan fingerprint density at radius 3 is 3.00 bits per heavy atom. The Hall–Kier alpha value is -2.46. The molecule has 1 aliphatic rings. The summed E-state index contributed by atoms with van der Waals surface area (Å²) in [6.45, 7) is 2.58. The van der Waals surface area contributed by atoms with Gasteiger partial charge in [-0.2, -0.15) is 11.3 Å². The Morgan fingerprint density at radius 2 is 2.22 bits per heavy atom. The summed E-state index contributed by atoms with van der Waals surface area (Å²) in [6, 6.07) is 9.36. The standard InChI is InChI=1S/C26H29FN2O2S/c1-31-22-5-7-26-24(15-22)23(8-11-28-26)25(27)6-4-20-9-13-29(16-21(20)17-30)12-2-3-19-10-14-32-18-19/h5,7-8,10-11,14-15,18,20-21,25,30H,4,6,9,12-13,16-17H2,1H3/t20-,21-,25?/m1/s1. The Morgan fingerprint density at radius 1 is 1.31 bits per heavy atom. The first-order valence-corrected chi connectivity index (χ1v) is 12.0. The van der Waals surface area contributed by atoms with E-state index in [-0.39, 0.29) is 12.5 Å². The first-order chi connectivity index (χ1) is 15.7. The van der Waals surface area contributed by atoms with Crippen LogP contribution in [0.5, 0.6) is 5.75 Å². The van der Waals surface area contributed by atoms with Gasteiger partial charge in [-0.25, -0.2) is 4.39 Å². The molecule has 1 fully saturated rings. The fraction of sp³-hybridized carbons (Fsp3) is 0.423. The zero-order valence-corrected chi connectivity index (χ0v) is 19.2. The number of ether oxygens (including phenoxy) is 1. The van der Waals surface area contributed by atoms with Gasteiger partial charge in [-0.15, -0.1) is 0 Å². The number of alkyl halides is 1. The molecule has 1 saturated heterocycles. The van der Waals surface area contributed by atoms with Gasteiger partial charge in [0.1, 0.15) is 11.9 Å². The van der Waals surface area contributed by atoms with Crippen LogP contribution in [0.1, 0.15) is 36.6 Å². The van der Waals surface area contributed by atoms with Crippen LogP contribution in [0.4, 0.5) is 4.39 Å². The summed E-state index contributed by atoms with van der Waals surface area (Å²) in [5.74, 6) is 7.61. The van der Waals surface area contributed by atoms with Crippen molar-refractivity contribution >= 4 is 22.2 Å². The number of aliphatic hydroxyl groups excluding tert-OH is 1. The summed E-state index contributed by atoms with van der Waals surface area (Å²) in [4.78, 5) is 6.65. The lowest BCUT2D eigenvalue weighted by molar-refractivity contribution is 0.0708. The molecule has 32 heavy (non-hydrogen) atoms. The number of aromatic nitrogens is 1. The summed E-state index contributed by atoms with van der Waals surface area (Å²) in [5, 5.41) is 14.8. The molecule has 0 aliphatic carbocycles. The first-order valence-electron chi connectivity index (χ1n) is 11.1. The number of hydrogen-bond acceptors (Lipinski definition) is 5.